The molecule has 0 fully saturated rings. The summed E-state index contributed by atoms with van der Waals surface area (Å²) >= 11 is 1.79. The lowest BCUT2D eigenvalue weighted by atomic mass is 10.5. The zero-order valence-electron chi connectivity index (χ0n) is 5.60. The van der Waals surface area contributed by atoms with Crippen molar-refractivity contribution >= 4 is 11.8 Å². The van der Waals surface area contributed by atoms with Gasteiger partial charge < -0.3 is 4.74 Å². The van der Waals surface area contributed by atoms with Crippen LogP contribution in [0, 0.1) is 0 Å². The van der Waals surface area contributed by atoms with E-state index in [9.17, 15) is 0 Å². The van der Waals surface area contributed by atoms with E-state index in [0.717, 1.165) is 11.5 Å². The standard InChI is InChI=1S/C6H12OS/c1-6(7-2)4-5-8-3/h4H,5H2,1-3H3/b6-4-. The van der Waals surface area contributed by atoms with Crippen molar-refractivity contribution in [1.29, 1.82) is 0 Å². The monoisotopic (exact) mass is 132 g/mol. The van der Waals surface area contributed by atoms with E-state index in [-0.39, 0.29) is 0 Å². The van der Waals surface area contributed by atoms with Crippen LogP contribution in [0.4, 0.5) is 0 Å². The first-order valence-corrected chi connectivity index (χ1v) is 3.90. The highest BCUT2D eigenvalue weighted by molar-refractivity contribution is 7.98. The Morgan fingerprint density at radius 1 is 1.75 bits per heavy atom. The minimum absolute atomic E-state index is 0.999. The largest absolute Gasteiger partial charge is 0.502 e. The van der Waals surface area contributed by atoms with E-state index < -0.39 is 0 Å². The number of hydrogen-bond donors (Lipinski definition) is 0. The summed E-state index contributed by atoms with van der Waals surface area (Å²) in [6, 6.07) is 0. The summed E-state index contributed by atoms with van der Waals surface area (Å²) < 4.78 is 4.90. The minimum atomic E-state index is 0.999. The van der Waals surface area contributed by atoms with Crippen LogP contribution < -0.4 is 0 Å². The van der Waals surface area contributed by atoms with Crippen LogP contribution in [0.5, 0.6) is 0 Å². The average Bonchev–Trinajstić information content (AvgIpc) is 1.83. The first-order chi connectivity index (χ1) is 3.81. The Hall–Kier alpha value is -0.110. The van der Waals surface area contributed by atoms with Gasteiger partial charge >= 0.3 is 0 Å². The molecule has 1 nitrogen and oxygen atoms in total. The summed E-state index contributed by atoms with van der Waals surface area (Å²) in [5, 5.41) is 0. The Morgan fingerprint density at radius 3 is 2.75 bits per heavy atom. The van der Waals surface area contributed by atoms with E-state index in [1.165, 1.54) is 0 Å². The summed E-state index contributed by atoms with van der Waals surface area (Å²) in [5.41, 5.74) is 0. The Labute approximate surface area is 55.1 Å². The molecule has 0 heterocycles. The van der Waals surface area contributed by atoms with Crippen LogP contribution in [0.25, 0.3) is 0 Å². The molecule has 0 aromatic rings. The van der Waals surface area contributed by atoms with E-state index in [1.54, 1.807) is 18.9 Å². The van der Waals surface area contributed by atoms with Crippen molar-refractivity contribution in [3.8, 4) is 0 Å². The van der Waals surface area contributed by atoms with Crippen LogP contribution in [0.15, 0.2) is 11.8 Å². The number of rotatable bonds is 3. The third-order valence-corrected chi connectivity index (χ3v) is 1.36. The molecule has 48 valence electrons. The number of thioether (sulfide) groups is 1. The lowest BCUT2D eigenvalue weighted by molar-refractivity contribution is 0.293. The molecule has 0 atom stereocenters. The van der Waals surface area contributed by atoms with Gasteiger partial charge in [0.1, 0.15) is 0 Å². The zero-order chi connectivity index (χ0) is 6.41. The molecule has 0 saturated heterocycles. The van der Waals surface area contributed by atoms with Crippen molar-refractivity contribution in [1.82, 2.24) is 0 Å². The van der Waals surface area contributed by atoms with Gasteiger partial charge in [-0.3, -0.25) is 0 Å². The summed E-state index contributed by atoms with van der Waals surface area (Å²) in [4.78, 5) is 0. The smallest absolute Gasteiger partial charge is 0.0893 e. The Balaban J connectivity index is 3.26. The maximum absolute atomic E-state index is 4.90. The first-order valence-electron chi connectivity index (χ1n) is 2.51. The summed E-state index contributed by atoms with van der Waals surface area (Å²) in [6.07, 6.45) is 4.13. The predicted molar refractivity (Wildman–Crippen MR) is 39.1 cm³/mol. The molecule has 0 radical (unpaired) electrons. The summed E-state index contributed by atoms with van der Waals surface area (Å²) in [6.45, 7) is 1.95. The molecule has 0 aliphatic rings. The van der Waals surface area contributed by atoms with E-state index in [2.05, 4.69) is 12.3 Å². The number of hydrogen-bond acceptors (Lipinski definition) is 2. The highest BCUT2D eigenvalue weighted by atomic mass is 32.2. The van der Waals surface area contributed by atoms with Crippen LogP contribution in [-0.2, 0) is 4.74 Å². The lowest BCUT2D eigenvalue weighted by Crippen LogP contribution is -1.79. The molecule has 0 saturated carbocycles. The van der Waals surface area contributed by atoms with Crippen LogP contribution in [-0.4, -0.2) is 19.1 Å². The van der Waals surface area contributed by atoms with E-state index in [0.29, 0.717) is 0 Å². The quantitative estimate of drug-likeness (QED) is 0.542. The third-order valence-electron chi connectivity index (χ3n) is 0.859. The van der Waals surface area contributed by atoms with Crippen molar-refractivity contribution in [3.63, 3.8) is 0 Å². The second-order valence-corrected chi connectivity index (χ2v) is 2.38. The highest BCUT2D eigenvalue weighted by Gasteiger charge is 1.80. The number of allylic oxidation sites excluding steroid dienone is 1. The van der Waals surface area contributed by atoms with Gasteiger partial charge in [0.15, 0.2) is 0 Å². The molecule has 0 aromatic heterocycles. The Kier molecular flexibility index (Phi) is 4.97. The maximum atomic E-state index is 4.90. The van der Waals surface area contributed by atoms with Crippen molar-refractivity contribution in [3.05, 3.63) is 11.8 Å². The van der Waals surface area contributed by atoms with E-state index >= 15 is 0 Å². The molecule has 0 rings (SSSR count). The molecule has 0 unspecified atom stereocenters. The van der Waals surface area contributed by atoms with Crippen molar-refractivity contribution in [2.45, 2.75) is 6.92 Å². The second-order valence-electron chi connectivity index (χ2n) is 1.47. The zero-order valence-corrected chi connectivity index (χ0v) is 6.42. The van der Waals surface area contributed by atoms with E-state index in [4.69, 9.17) is 4.74 Å². The molecule has 0 aliphatic carbocycles. The normalized spacial score (nSPS) is 11.6. The first kappa shape index (κ1) is 7.89. The number of ether oxygens (including phenoxy) is 1. The van der Waals surface area contributed by atoms with Gasteiger partial charge in [-0.1, -0.05) is 0 Å². The molecular weight excluding hydrogens is 120 g/mol. The van der Waals surface area contributed by atoms with Crippen LogP contribution >= 0.6 is 11.8 Å². The van der Waals surface area contributed by atoms with Gasteiger partial charge in [-0.2, -0.15) is 11.8 Å². The molecule has 2 heteroatoms. The summed E-state index contributed by atoms with van der Waals surface area (Å²) in [5.74, 6) is 2.04. The summed E-state index contributed by atoms with van der Waals surface area (Å²) in [7, 11) is 1.69. The van der Waals surface area contributed by atoms with Gasteiger partial charge in [0.2, 0.25) is 0 Å². The molecule has 0 spiro atoms. The van der Waals surface area contributed by atoms with Gasteiger partial charge in [0.05, 0.1) is 12.9 Å². The van der Waals surface area contributed by atoms with Gasteiger partial charge in [-0.25, -0.2) is 0 Å². The molecule has 0 aromatic carbocycles. The molecule has 0 aliphatic heterocycles. The van der Waals surface area contributed by atoms with Crippen LogP contribution in [0.1, 0.15) is 6.92 Å². The van der Waals surface area contributed by atoms with Gasteiger partial charge in [0, 0.05) is 5.75 Å². The third kappa shape index (κ3) is 4.06. The fourth-order valence-electron chi connectivity index (χ4n) is 0.284. The Bertz CT molecular complexity index is 78.6. The molecule has 0 bridgehead atoms. The number of methoxy groups -OCH3 is 1. The molecule has 8 heavy (non-hydrogen) atoms. The predicted octanol–water partition coefficient (Wildman–Crippen LogP) is 1.90. The van der Waals surface area contributed by atoms with Crippen molar-refractivity contribution < 1.29 is 4.74 Å². The van der Waals surface area contributed by atoms with Crippen molar-refractivity contribution in [2.75, 3.05) is 19.1 Å². The molecular formula is C6H12OS. The Morgan fingerprint density at radius 2 is 2.38 bits per heavy atom. The SMILES string of the molecule is CO/C(C)=C\CSC. The van der Waals surface area contributed by atoms with E-state index in [1.807, 2.05) is 6.92 Å². The van der Waals surface area contributed by atoms with Crippen LogP contribution in [0.2, 0.25) is 0 Å². The van der Waals surface area contributed by atoms with Crippen molar-refractivity contribution in [2.24, 2.45) is 0 Å². The van der Waals surface area contributed by atoms with Gasteiger partial charge in [-0.05, 0) is 19.3 Å². The molecule has 0 N–H and O–H groups in total. The maximum Gasteiger partial charge on any atom is 0.0893 e. The average molecular weight is 132 g/mol. The van der Waals surface area contributed by atoms with Gasteiger partial charge in [-0.15, -0.1) is 0 Å². The molecule has 0 amide bonds. The van der Waals surface area contributed by atoms with Gasteiger partial charge in [0.25, 0.3) is 0 Å². The second kappa shape index (κ2) is 5.04. The lowest BCUT2D eigenvalue weighted by Gasteiger charge is -1.95. The fourth-order valence-corrected chi connectivity index (χ4v) is 0.685. The fraction of sp³-hybridized carbons (Fsp3) is 0.667. The highest BCUT2D eigenvalue weighted by Crippen LogP contribution is 1.97. The van der Waals surface area contributed by atoms with Crippen LogP contribution in [0.3, 0.4) is 0 Å². The topological polar surface area (TPSA) is 9.23 Å². The minimum Gasteiger partial charge on any atom is -0.502 e.